The Labute approximate surface area is 79.3 Å². The highest BCUT2D eigenvalue weighted by Gasteiger charge is 2.20. The van der Waals surface area contributed by atoms with E-state index >= 15 is 0 Å². The third-order valence-corrected chi connectivity index (χ3v) is 2.27. The van der Waals surface area contributed by atoms with Crippen molar-refractivity contribution in [2.75, 3.05) is 32.8 Å². The highest BCUT2D eigenvalue weighted by molar-refractivity contribution is 4.89. The van der Waals surface area contributed by atoms with E-state index in [1.807, 2.05) is 0 Å². The van der Waals surface area contributed by atoms with Gasteiger partial charge in [-0.25, -0.2) is 0 Å². The van der Waals surface area contributed by atoms with Gasteiger partial charge in [-0.1, -0.05) is 6.92 Å². The molecular formula is C9H17N3O. The van der Waals surface area contributed by atoms with Crippen LogP contribution in [0.25, 0.3) is 0 Å². The van der Waals surface area contributed by atoms with E-state index in [0.29, 0.717) is 19.1 Å². The average molecular weight is 183 g/mol. The first-order chi connectivity index (χ1) is 6.26. The van der Waals surface area contributed by atoms with Crippen LogP contribution in [0.2, 0.25) is 0 Å². The summed E-state index contributed by atoms with van der Waals surface area (Å²) in [5.41, 5.74) is 5.53. The van der Waals surface area contributed by atoms with Crippen LogP contribution in [0.1, 0.15) is 6.92 Å². The van der Waals surface area contributed by atoms with E-state index in [-0.39, 0.29) is 6.10 Å². The second-order valence-corrected chi connectivity index (χ2v) is 3.59. The van der Waals surface area contributed by atoms with Crippen molar-refractivity contribution in [3.05, 3.63) is 0 Å². The van der Waals surface area contributed by atoms with Crippen LogP contribution in [0.15, 0.2) is 0 Å². The number of nitriles is 1. The molecule has 0 aromatic rings. The van der Waals surface area contributed by atoms with E-state index in [2.05, 4.69) is 17.9 Å². The van der Waals surface area contributed by atoms with Crippen LogP contribution in [0.4, 0.5) is 0 Å². The van der Waals surface area contributed by atoms with E-state index in [4.69, 9.17) is 15.7 Å². The lowest BCUT2D eigenvalue weighted by Crippen LogP contribution is -2.44. The van der Waals surface area contributed by atoms with Crippen LogP contribution in [0, 0.1) is 17.2 Å². The van der Waals surface area contributed by atoms with Crippen molar-refractivity contribution in [1.82, 2.24) is 4.90 Å². The van der Waals surface area contributed by atoms with Crippen LogP contribution >= 0.6 is 0 Å². The largest absolute Gasteiger partial charge is 0.361 e. The summed E-state index contributed by atoms with van der Waals surface area (Å²) in [4.78, 5) is 2.24. The zero-order valence-electron chi connectivity index (χ0n) is 8.07. The molecule has 13 heavy (non-hydrogen) atoms. The van der Waals surface area contributed by atoms with Gasteiger partial charge in [-0.3, -0.25) is 4.90 Å². The molecule has 0 bridgehead atoms. The number of nitrogens with two attached hydrogens (primary N) is 1. The summed E-state index contributed by atoms with van der Waals surface area (Å²) in [6, 6.07) is 2.13. The van der Waals surface area contributed by atoms with E-state index < -0.39 is 0 Å². The monoisotopic (exact) mass is 183 g/mol. The van der Waals surface area contributed by atoms with Gasteiger partial charge in [0.2, 0.25) is 0 Å². The molecule has 74 valence electrons. The van der Waals surface area contributed by atoms with Crippen LogP contribution in [-0.2, 0) is 4.74 Å². The molecule has 2 N–H and O–H groups in total. The molecule has 0 spiro atoms. The molecule has 0 amide bonds. The summed E-state index contributed by atoms with van der Waals surface area (Å²) in [5.74, 6) is 0.498. The lowest BCUT2D eigenvalue weighted by molar-refractivity contribution is -0.00376. The quantitative estimate of drug-likeness (QED) is 0.658. The van der Waals surface area contributed by atoms with Gasteiger partial charge in [0, 0.05) is 19.6 Å². The Morgan fingerprint density at radius 1 is 1.77 bits per heavy atom. The van der Waals surface area contributed by atoms with Gasteiger partial charge in [-0.2, -0.15) is 5.26 Å². The predicted octanol–water partition coefficient (Wildman–Crippen LogP) is -0.194. The topological polar surface area (TPSA) is 62.3 Å². The van der Waals surface area contributed by atoms with Crippen molar-refractivity contribution in [2.24, 2.45) is 11.7 Å². The zero-order valence-corrected chi connectivity index (χ0v) is 8.07. The molecule has 1 fully saturated rings. The standard InChI is InChI=1S/C9H17N3O/c1-8(4-10)6-12-2-3-13-9(5-11)7-12/h8-9H,2-4,6-7,10H2,1H3. The van der Waals surface area contributed by atoms with E-state index in [9.17, 15) is 0 Å². The summed E-state index contributed by atoms with van der Waals surface area (Å²) >= 11 is 0. The molecule has 1 aliphatic rings. The minimum atomic E-state index is -0.251. The summed E-state index contributed by atoms with van der Waals surface area (Å²) in [6.07, 6.45) is -0.251. The van der Waals surface area contributed by atoms with Gasteiger partial charge in [0.25, 0.3) is 0 Å². The molecule has 2 unspecified atom stereocenters. The van der Waals surface area contributed by atoms with E-state index in [0.717, 1.165) is 19.6 Å². The average Bonchev–Trinajstić information content (AvgIpc) is 2.18. The molecule has 4 nitrogen and oxygen atoms in total. The molecule has 4 heteroatoms. The molecule has 0 aromatic heterocycles. The number of hydrogen-bond acceptors (Lipinski definition) is 4. The molecule has 1 aliphatic heterocycles. The summed E-state index contributed by atoms with van der Waals surface area (Å²) in [5, 5.41) is 8.67. The normalized spacial score (nSPS) is 26.7. The first-order valence-corrected chi connectivity index (χ1v) is 4.70. The van der Waals surface area contributed by atoms with Gasteiger partial charge in [0.15, 0.2) is 6.10 Å². The minimum Gasteiger partial charge on any atom is -0.361 e. The highest BCUT2D eigenvalue weighted by atomic mass is 16.5. The predicted molar refractivity (Wildman–Crippen MR) is 50.0 cm³/mol. The van der Waals surface area contributed by atoms with Crippen LogP contribution < -0.4 is 5.73 Å². The Balaban J connectivity index is 2.30. The van der Waals surface area contributed by atoms with E-state index in [1.54, 1.807) is 0 Å². The summed E-state index contributed by atoms with van der Waals surface area (Å²) in [6.45, 7) is 6.10. The number of nitrogens with zero attached hydrogens (tertiary/aromatic N) is 2. The maximum atomic E-state index is 8.67. The Morgan fingerprint density at radius 2 is 2.54 bits per heavy atom. The Hall–Kier alpha value is -0.630. The minimum absolute atomic E-state index is 0.251. The third kappa shape index (κ3) is 3.31. The van der Waals surface area contributed by atoms with Gasteiger partial charge in [0.1, 0.15) is 0 Å². The highest BCUT2D eigenvalue weighted by Crippen LogP contribution is 2.06. The molecule has 1 rings (SSSR count). The maximum Gasteiger partial charge on any atom is 0.156 e. The first-order valence-electron chi connectivity index (χ1n) is 4.70. The zero-order chi connectivity index (χ0) is 9.68. The molecular weight excluding hydrogens is 166 g/mol. The molecule has 0 radical (unpaired) electrons. The van der Waals surface area contributed by atoms with Crippen LogP contribution in [0.5, 0.6) is 0 Å². The van der Waals surface area contributed by atoms with Crippen molar-refractivity contribution in [3.8, 4) is 6.07 Å². The van der Waals surface area contributed by atoms with Crippen molar-refractivity contribution in [1.29, 1.82) is 5.26 Å². The number of morpholine rings is 1. The lowest BCUT2D eigenvalue weighted by atomic mass is 10.1. The van der Waals surface area contributed by atoms with Crippen LogP contribution in [0.3, 0.4) is 0 Å². The van der Waals surface area contributed by atoms with Gasteiger partial charge in [-0.05, 0) is 12.5 Å². The second kappa shape index (κ2) is 5.18. The number of ether oxygens (including phenoxy) is 1. The molecule has 0 aromatic carbocycles. The smallest absolute Gasteiger partial charge is 0.156 e. The fraction of sp³-hybridized carbons (Fsp3) is 0.889. The van der Waals surface area contributed by atoms with Crippen molar-refractivity contribution in [3.63, 3.8) is 0 Å². The fourth-order valence-electron chi connectivity index (χ4n) is 1.46. The molecule has 0 aliphatic carbocycles. The van der Waals surface area contributed by atoms with Crippen molar-refractivity contribution < 1.29 is 4.74 Å². The Kier molecular flexibility index (Phi) is 4.16. The number of rotatable bonds is 3. The van der Waals surface area contributed by atoms with Gasteiger partial charge in [-0.15, -0.1) is 0 Å². The first kappa shape index (κ1) is 10.5. The molecule has 1 heterocycles. The number of hydrogen-bond donors (Lipinski definition) is 1. The van der Waals surface area contributed by atoms with Crippen LogP contribution in [-0.4, -0.2) is 43.8 Å². The van der Waals surface area contributed by atoms with Crippen molar-refractivity contribution >= 4 is 0 Å². The van der Waals surface area contributed by atoms with Gasteiger partial charge < -0.3 is 10.5 Å². The maximum absolute atomic E-state index is 8.67. The summed E-state index contributed by atoms with van der Waals surface area (Å²) < 4.78 is 5.24. The van der Waals surface area contributed by atoms with Gasteiger partial charge in [0.05, 0.1) is 12.7 Å². The fourth-order valence-corrected chi connectivity index (χ4v) is 1.46. The lowest BCUT2D eigenvalue weighted by Gasteiger charge is -2.31. The third-order valence-electron chi connectivity index (χ3n) is 2.27. The second-order valence-electron chi connectivity index (χ2n) is 3.59. The Bertz CT molecular complexity index is 190. The molecule has 1 saturated heterocycles. The van der Waals surface area contributed by atoms with Crippen molar-refractivity contribution in [2.45, 2.75) is 13.0 Å². The van der Waals surface area contributed by atoms with Gasteiger partial charge >= 0.3 is 0 Å². The molecule has 0 saturated carbocycles. The molecule has 2 atom stereocenters. The Morgan fingerprint density at radius 3 is 3.15 bits per heavy atom. The van der Waals surface area contributed by atoms with E-state index in [1.165, 1.54) is 0 Å². The SMILES string of the molecule is CC(CN)CN1CCOC(C#N)C1. The summed E-state index contributed by atoms with van der Waals surface area (Å²) in [7, 11) is 0.